The van der Waals surface area contributed by atoms with E-state index in [9.17, 15) is 13.2 Å². The minimum atomic E-state index is -3.54. The lowest BCUT2D eigenvalue weighted by Gasteiger charge is -2.19. The second-order valence-electron chi connectivity index (χ2n) is 9.77. The summed E-state index contributed by atoms with van der Waals surface area (Å²) >= 11 is 0. The van der Waals surface area contributed by atoms with E-state index in [4.69, 9.17) is 4.98 Å². The molecule has 1 saturated heterocycles. The van der Waals surface area contributed by atoms with Crippen molar-refractivity contribution in [3.8, 4) is 0 Å². The molecule has 2 N–H and O–H groups in total. The smallest absolute Gasteiger partial charge is 0.252 e. The van der Waals surface area contributed by atoms with Crippen LogP contribution in [0, 0.1) is 6.92 Å². The van der Waals surface area contributed by atoms with Crippen molar-refractivity contribution in [3.63, 3.8) is 0 Å². The fraction of sp³-hybridized carbons (Fsp3) is 0.400. The highest BCUT2D eigenvalue weighted by atomic mass is 32.2. The highest BCUT2D eigenvalue weighted by Gasteiger charge is 2.36. The summed E-state index contributed by atoms with van der Waals surface area (Å²) in [5.41, 5.74) is 3.27. The molecular formula is C25H28N8O3S. The van der Waals surface area contributed by atoms with Gasteiger partial charge in [-0.1, -0.05) is 12.8 Å². The van der Waals surface area contributed by atoms with Crippen molar-refractivity contribution < 1.29 is 8.42 Å². The summed E-state index contributed by atoms with van der Waals surface area (Å²) in [5, 5.41) is 9.66. The maximum atomic E-state index is 12.9. The van der Waals surface area contributed by atoms with E-state index < -0.39 is 15.1 Å². The second kappa shape index (κ2) is 9.25. The van der Waals surface area contributed by atoms with Crippen LogP contribution in [0.4, 0.5) is 17.3 Å². The number of sulfone groups is 1. The van der Waals surface area contributed by atoms with E-state index in [0.29, 0.717) is 31.1 Å². The van der Waals surface area contributed by atoms with Crippen molar-refractivity contribution in [2.45, 2.75) is 55.5 Å². The van der Waals surface area contributed by atoms with Gasteiger partial charge in [-0.3, -0.25) is 14.5 Å². The van der Waals surface area contributed by atoms with Gasteiger partial charge in [0.05, 0.1) is 5.25 Å². The minimum Gasteiger partial charge on any atom is -0.370 e. The number of aryl methyl sites for hydroxylation is 1. The Kier molecular flexibility index (Phi) is 5.90. The van der Waals surface area contributed by atoms with Gasteiger partial charge < -0.3 is 10.2 Å². The Labute approximate surface area is 213 Å². The van der Waals surface area contributed by atoms with Crippen molar-refractivity contribution in [1.82, 2.24) is 29.7 Å². The van der Waals surface area contributed by atoms with Gasteiger partial charge in [-0.25, -0.2) is 18.4 Å². The normalized spacial score (nSPS) is 18.6. The van der Waals surface area contributed by atoms with Gasteiger partial charge in [-0.05, 0) is 56.0 Å². The van der Waals surface area contributed by atoms with Crippen LogP contribution in [0.25, 0.3) is 11.0 Å². The summed E-state index contributed by atoms with van der Waals surface area (Å²) in [6, 6.07) is 9.59. The molecular weight excluding hydrogens is 492 g/mol. The van der Waals surface area contributed by atoms with Crippen LogP contribution in [-0.4, -0.2) is 56.5 Å². The van der Waals surface area contributed by atoms with Gasteiger partial charge in [0.2, 0.25) is 20.9 Å². The van der Waals surface area contributed by atoms with Crippen LogP contribution in [0.3, 0.4) is 0 Å². The highest BCUT2D eigenvalue weighted by Crippen LogP contribution is 2.31. The molecule has 2 fully saturated rings. The van der Waals surface area contributed by atoms with Gasteiger partial charge in [0.15, 0.2) is 0 Å². The molecule has 2 aliphatic rings. The Morgan fingerprint density at radius 2 is 1.86 bits per heavy atom. The molecule has 0 spiro atoms. The number of anilines is 3. The molecule has 11 nitrogen and oxygen atoms in total. The molecule has 1 aliphatic carbocycles. The maximum absolute atomic E-state index is 12.9. The summed E-state index contributed by atoms with van der Waals surface area (Å²) in [6.07, 6.45) is 7.73. The van der Waals surface area contributed by atoms with E-state index in [1.165, 1.54) is 6.33 Å². The molecule has 4 heterocycles. The van der Waals surface area contributed by atoms with Crippen LogP contribution < -0.4 is 15.8 Å². The van der Waals surface area contributed by atoms with Gasteiger partial charge in [0.25, 0.3) is 5.56 Å². The molecule has 1 unspecified atom stereocenters. The minimum absolute atomic E-state index is 0.0138. The van der Waals surface area contributed by atoms with Crippen molar-refractivity contribution in [2.24, 2.45) is 0 Å². The number of aromatic amines is 1. The van der Waals surface area contributed by atoms with Crippen molar-refractivity contribution in [2.75, 3.05) is 23.3 Å². The van der Waals surface area contributed by atoms with Crippen molar-refractivity contribution in [1.29, 1.82) is 0 Å². The average molecular weight is 521 g/mol. The van der Waals surface area contributed by atoms with E-state index in [-0.39, 0.29) is 16.8 Å². The Morgan fingerprint density at radius 1 is 1.08 bits per heavy atom. The molecule has 0 bridgehead atoms. The third-order valence-electron chi connectivity index (χ3n) is 7.42. The Balaban J connectivity index is 1.21. The fourth-order valence-corrected chi connectivity index (χ4v) is 6.92. The van der Waals surface area contributed by atoms with Crippen LogP contribution in [-0.2, 0) is 9.84 Å². The third-order valence-corrected chi connectivity index (χ3v) is 9.42. The molecule has 4 aromatic rings. The maximum Gasteiger partial charge on any atom is 0.252 e. The Hall–Kier alpha value is -3.80. The standard InChI is InChI=1S/C25H28N8O3S/c1-16-12-22(34)33(19-4-2-3-5-19)23-21(16)13-26-24(30-23)29-17-6-8-18(9-7-17)32-11-10-20(14-32)37(35,36)25-27-15-28-31-25/h6-9,12-13,15,19-20H,2-5,10-11,14H2,1H3,(H,26,29,30)(H,27,28,31). The second-order valence-corrected chi connectivity index (χ2v) is 11.9. The number of benzene rings is 1. The molecule has 1 saturated carbocycles. The average Bonchev–Trinajstić information content (AvgIpc) is 3.68. The van der Waals surface area contributed by atoms with E-state index in [1.54, 1.807) is 12.3 Å². The first-order chi connectivity index (χ1) is 17.9. The first-order valence-electron chi connectivity index (χ1n) is 12.5. The van der Waals surface area contributed by atoms with Crippen LogP contribution >= 0.6 is 0 Å². The molecule has 1 aliphatic heterocycles. The number of pyridine rings is 1. The first-order valence-corrected chi connectivity index (χ1v) is 14.0. The zero-order valence-corrected chi connectivity index (χ0v) is 21.3. The molecule has 0 radical (unpaired) electrons. The molecule has 37 heavy (non-hydrogen) atoms. The largest absolute Gasteiger partial charge is 0.370 e. The van der Waals surface area contributed by atoms with Crippen LogP contribution in [0.5, 0.6) is 0 Å². The predicted molar refractivity (Wildman–Crippen MR) is 140 cm³/mol. The number of nitrogens with one attached hydrogen (secondary N) is 2. The van der Waals surface area contributed by atoms with Crippen LogP contribution in [0.2, 0.25) is 0 Å². The number of hydrogen-bond donors (Lipinski definition) is 2. The van der Waals surface area contributed by atoms with Crippen molar-refractivity contribution >= 4 is 38.2 Å². The predicted octanol–water partition coefficient (Wildman–Crippen LogP) is 3.13. The molecule has 1 atom stereocenters. The molecule has 3 aromatic heterocycles. The number of nitrogens with zero attached hydrogens (tertiary/aromatic N) is 6. The van der Waals surface area contributed by atoms with E-state index in [0.717, 1.165) is 48.0 Å². The SMILES string of the molecule is Cc1cc(=O)n(C2CCCC2)c2nc(Nc3ccc(N4CCC(S(=O)(=O)c5ncn[nH]5)C4)cc3)ncc12. The topological polar surface area (TPSA) is 139 Å². The lowest BCUT2D eigenvalue weighted by Crippen LogP contribution is -2.27. The lowest BCUT2D eigenvalue weighted by atomic mass is 10.1. The Morgan fingerprint density at radius 3 is 2.59 bits per heavy atom. The lowest BCUT2D eigenvalue weighted by molar-refractivity contribution is 0.515. The van der Waals surface area contributed by atoms with E-state index in [1.807, 2.05) is 35.8 Å². The molecule has 6 rings (SSSR count). The summed E-state index contributed by atoms with van der Waals surface area (Å²) in [6.45, 7) is 2.94. The van der Waals surface area contributed by atoms with Gasteiger partial charge in [-0.2, -0.15) is 10.1 Å². The summed E-state index contributed by atoms with van der Waals surface area (Å²) in [7, 11) is -3.54. The van der Waals surface area contributed by atoms with Crippen LogP contribution in [0.15, 0.2) is 52.8 Å². The van der Waals surface area contributed by atoms with Gasteiger partial charge in [-0.15, -0.1) is 0 Å². The summed E-state index contributed by atoms with van der Waals surface area (Å²) in [5.74, 6) is 0.427. The van der Waals surface area contributed by atoms with Gasteiger partial charge in [0, 0.05) is 48.2 Å². The third kappa shape index (κ3) is 4.35. The quantitative estimate of drug-likeness (QED) is 0.392. The summed E-state index contributed by atoms with van der Waals surface area (Å²) < 4.78 is 27.4. The molecule has 0 amide bonds. The van der Waals surface area contributed by atoms with Crippen LogP contribution in [0.1, 0.15) is 43.7 Å². The van der Waals surface area contributed by atoms with Gasteiger partial charge >= 0.3 is 0 Å². The number of H-pyrrole nitrogens is 1. The molecule has 12 heteroatoms. The van der Waals surface area contributed by atoms with E-state index >= 15 is 0 Å². The summed E-state index contributed by atoms with van der Waals surface area (Å²) in [4.78, 5) is 28.0. The number of aromatic nitrogens is 6. The first kappa shape index (κ1) is 23.6. The van der Waals surface area contributed by atoms with Crippen molar-refractivity contribution in [3.05, 3.63) is 58.8 Å². The molecule has 1 aromatic carbocycles. The number of fused-ring (bicyclic) bond motifs is 1. The number of hydrogen-bond acceptors (Lipinski definition) is 9. The zero-order valence-electron chi connectivity index (χ0n) is 20.5. The van der Waals surface area contributed by atoms with E-state index in [2.05, 4.69) is 30.4 Å². The monoisotopic (exact) mass is 520 g/mol. The number of rotatable bonds is 6. The highest BCUT2D eigenvalue weighted by molar-refractivity contribution is 7.91. The molecule has 192 valence electrons. The van der Waals surface area contributed by atoms with Gasteiger partial charge in [0.1, 0.15) is 12.0 Å². The fourth-order valence-electron chi connectivity index (χ4n) is 5.44. The zero-order chi connectivity index (χ0) is 25.6. The Bertz CT molecular complexity index is 1590.